The summed E-state index contributed by atoms with van der Waals surface area (Å²) in [6, 6.07) is 7.96. The van der Waals surface area contributed by atoms with Gasteiger partial charge in [0.05, 0.1) is 30.2 Å². The van der Waals surface area contributed by atoms with Crippen molar-refractivity contribution in [1.29, 1.82) is 0 Å². The van der Waals surface area contributed by atoms with Crippen molar-refractivity contribution in [2.45, 2.75) is 20.8 Å². The highest BCUT2D eigenvalue weighted by Gasteiger charge is 2.16. The molecule has 0 unspecified atom stereocenters. The number of hydrogen-bond donors (Lipinski definition) is 1. The van der Waals surface area contributed by atoms with Crippen LogP contribution in [0.2, 0.25) is 5.02 Å². The van der Waals surface area contributed by atoms with Crippen molar-refractivity contribution in [2.75, 3.05) is 18.5 Å². The van der Waals surface area contributed by atoms with Gasteiger partial charge in [-0.15, -0.1) is 0 Å². The maximum absolute atomic E-state index is 12.5. The molecule has 1 amide bonds. The Morgan fingerprint density at radius 1 is 1.16 bits per heavy atom. The number of rotatable bonds is 6. The van der Waals surface area contributed by atoms with E-state index >= 15 is 0 Å². The predicted molar refractivity (Wildman–Crippen MR) is 95.5 cm³/mol. The van der Waals surface area contributed by atoms with Crippen molar-refractivity contribution >= 4 is 29.2 Å². The third kappa shape index (κ3) is 4.70. The van der Waals surface area contributed by atoms with E-state index in [1.807, 2.05) is 6.92 Å². The van der Waals surface area contributed by atoms with Crippen LogP contribution in [-0.2, 0) is 4.74 Å². The first-order valence-corrected chi connectivity index (χ1v) is 8.22. The highest BCUT2D eigenvalue weighted by Crippen LogP contribution is 2.28. The fourth-order valence-electron chi connectivity index (χ4n) is 2.18. The molecule has 6 nitrogen and oxygen atoms in total. The Morgan fingerprint density at radius 2 is 1.92 bits per heavy atom. The molecular weight excluding hydrogens is 344 g/mol. The number of ether oxygens (including phenoxy) is 2. The fourth-order valence-corrected chi connectivity index (χ4v) is 2.35. The minimum atomic E-state index is -0.465. The lowest BCUT2D eigenvalue weighted by molar-refractivity contribution is 0.0524. The summed E-state index contributed by atoms with van der Waals surface area (Å²) in [6.07, 6.45) is 0. The average molecular weight is 363 g/mol. The quantitative estimate of drug-likeness (QED) is 0.789. The lowest BCUT2D eigenvalue weighted by Gasteiger charge is -2.12. The van der Waals surface area contributed by atoms with E-state index in [0.29, 0.717) is 34.3 Å². The summed E-state index contributed by atoms with van der Waals surface area (Å²) in [5.41, 5.74) is 1.37. The van der Waals surface area contributed by atoms with Gasteiger partial charge < -0.3 is 14.8 Å². The smallest absolute Gasteiger partial charge is 0.339 e. The average Bonchev–Trinajstić information content (AvgIpc) is 2.57. The predicted octanol–water partition coefficient (Wildman–Crippen LogP) is 3.87. The lowest BCUT2D eigenvalue weighted by Crippen LogP contribution is -2.16. The Morgan fingerprint density at radius 3 is 2.56 bits per heavy atom. The third-order valence-corrected chi connectivity index (χ3v) is 3.54. The van der Waals surface area contributed by atoms with E-state index in [1.54, 1.807) is 32.0 Å². The number of halogens is 1. The van der Waals surface area contributed by atoms with E-state index in [-0.39, 0.29) is 12.3 Å². The van der Waals surface area contributed by atoms with Crippen LogP contribution in [0.4, 0.5) is 5.69 Å². The molecule has 2 aromatic rings. The second-order valence-corrected chi connectivity index (χ2v) is 5.51. The molecule has 0 aliphatic rings. The van der Waals surface area contributed by atoms with E-state index in [4.69, 9.17) is 21.1 Å². The van der Waals surface area contributed by atoms with Gasteiger partial charge in [-0.05, 0) is 51.1 Å². The molecule has 2 rings (SSSR count). The highest BCUT2D eigenvalue weighted by molar-refractivity contribution is 6.31. The molecule has 25 heavy (non-hydrogen) atoms. The van der Waals surface area contributed by atoms with Crippen molar-refractivity contribution in [2.24, 2.45) is 0 Å². The second kappa shape index (κ2) is 8.48. The highest BCUT2D eigenvalue weighted by atomic mass is 35.5. The van der Waals surface area contributed by atoms with Crippen molar-refractivity contribution < 1.29 is 19.1 Å². The normalized spacial score (nSPS) is 10.2. The minimum Gasteiger partial charge on any atom is -0.492 e. The maximum atomic E-state index is 12.5. The molecule has 1 aromatic heterocycles. The molecule has 0 saturated carbocycles. The maximum Gasteiger partial charge on any atom is 0.339 e. The van der Waals surface area contributed by atoms with Gasteiger partial charge >= 0.3 is 5.97 Å². The van der Waals surface area contributed by atoms with Crippen molar-refractivity contribution in [3.63, 3.8) is 0 Å². The molecule has 0 spiro atoms. The molecule has 0 radical (unpaired) electrons. The topological polar surface area (TPSA) is 77.5 Å². The van der Waals surface area contributed by atoms with E-state index in [9.17, 15) is 9.59 Å². The molecule has 0 fully saturated rings. The SMILES string of the molecule is CCOC(=O)c1ccc(C(=O)Nc2cc(Cl)ccc2OCC)nc1C. The van der Waals surface area contributed by atoms with Crippen LogP contribution in [0.1, 0.15) is 40.4 Å². The van der Waals surface area contributed by atoms with Gasteiger partial charge in [-0.25, -0.2) is 9.78 Å². The zero-order valence-corrected chi connectivity index (χ0v) is 15.0. The van der Waals surface area contributed by atoms with Gasteiger partial charge in [0, 0.05) is 5.02 Å². The molecule has 1 N–H and O–H groups in total. The number of carbonyl (C=O) groups is 2. The van der Waals surface area contributed by atoms with Gasteiger partial charge in [-0.2, -0.15) is 0 Å². The number of amides is 1. The zero-order valence-electron chi connectivity index (χ0n) is 14.3. The Kier molecular flexibility index (Phi) is 6.36. The standard InChI is InChI=1S/C18H19ClN2O4/c1-4-24-16-9-6-12(19)10-15(16)21-17(22)14-8-7-13(11(3)20-14)18(23)25-5-2/h6-10H,4-5H2,1-3H3,(H,21,22). The number of carbonyl (C=O) groups excluding carboxylic acids is 2. The second-order valence-electron chi connectivity index (χ2n) is 5.08. The van der Waals surface area contributed by atoms with Crippen LogP contribution in [0.15, 0.2) is 30.3 Å². The van der Waals surface area contributed by atoms with Gasteiger partial charge in [0.25, 0.3) is 5.91 Å². The molecule has 0 saturated heterocycles. The van der Waals surface area contributed by atoms with Gasteiger partial charge in [0.15, 0.2) is 0 Å². The molecule has 0 aliphatic heterocycles. The number of nitrogens with one attached hydrogen (secondary N) is 1. The van der Waals surface area contributed by atoms with Crippen LogP contribution in [-0.4, -0.2) is 30.1 Å². The third-order valence-electron chi connectivity index (χ3n) is 3.30. The fraction of sp³-hybridized carbons (Fsp3) is 0.278. The van der Waals surface area contributed by atoms with Crippen LogP contribution in [0.3, 0.4) is 0 Å². The van der Waals surface area contributed by atoms with Crippen LogP contribution in [0.25, 0.3) is 0 Å². The number of aromatic nitrogens is 1. The largest absolute Gasteiger partial charge is 0.492 e. The Bertz CT molecular complexity index is 793. The van der Waals surface area contributed by atoms with Gasteiger partial charge in [-0.3, -0.25) is 4.79 Å². The molecule has 0 atom stereocenters. The van der Waals surface area contributed by atoms with Crippen LogP contribution < -0.4 is 10.1 Å². The molecule has 7 heteroatoms. The number of esters is 1. The molecule has 0 aliphatic carbocycles. The summed E-state index contributed by atoms with van der Waals surface area (Å²) in [5, 5.41) is 3.20. The summed E-state index contributed by atoms with van der Waals surface area (Å²) in [5.74, 6) is -0.380. The van der Waals surface area contributed by atoms with E-state index in [0.717, 1.165) is 0 Å². The van der Waals surface area contributed by atoms with Crippen LogP contribution in [0, 0.1) is 6.92 Å². The number of nitrogens with zero attached hydrogens (tertiary/aromatic N) is 1. The summed E-state index contributed by atoms with van der Waals surface area (Å²) in [7, 11) is 0. The lowest BCUT2D eigenvalue weighted by atomic mass is 10.2. The summed E-state index contributed by atoms with van der Waals surface area (Å²) >= 11 is 5.98. The molecule has 132 valence electrons. The first-order chi connectivity index (χ1) is 12.0. The van der Waals surface area contributed by atoms with E-state index < -0.39 is 11.9 Å². The zero-order chi connectivity index (χ0) is 18.4. The Hall–Kier alpha value is -2.60. The Balaban J connectivity index is 2.23. The van der Waals surface area contributed by atoms with E-state index in [2.05, 4.69) is 10.3 Å². The van der Waals surface area contributed by atoms with Crippen LogP contribution >= 0.6 is 11.6 Å². The first-order valence-electron chi connectivity index (χ1n) is 7.84. The Labute approximate surface area is 151 Å². The molecular formula is C18H19ClN2O4. The van der Waals surface area contributed by atoms with Gasteiger partial charge in [0.2, 0.25) is 0 Å². The summed E-state index contributed by atoms with van der Waals surface area (Å²) in [4.78, 5) is 28.4. The summed E-state index contributed by atoms with van der Waals surface area (Å²) < 4.78 is 10.4. The number of hydrogen-bond acceptors (Lipinski definition) is 5. The number of pyridine rings is 1. The molecule has 1 heterocycles. The minimum absolute atomic E-state index is 0.174. The van der Waals surface area contributed by atoms with Crippen molar-refractivity contribution in [3.05, 3.63) is 52.3 Å². The number of aryl methyl sites for hydroxylation is 1. The van der Waals surface area contributed by atoms with Gasteiger partial charge in [0.1, 0.15) is 11.4 Å². The molecule has 0 bridgehead atoms. The number of anilines is 1. The van der Waals surface area contributed by atoms with Crippen LogP contribution in [0.5, 0.6) is 5.75 Å². The monoisotopic (exact) mass is 362 g/mol. The van der Waals surface area contributed by atoms with Crippen molar-refractivity contribution in [1.82, 2.24) is 4.98 Å². The van der Waals surface area contributed by atoms with Gasteiger partial charge in [-0.1, -0.05) is 11.6 Å². The molecule has 1 aromatic carbocycles. The summed E-state index contributed by atoms with van der Waals surface area (Å²) in [6.45, 7) is 5.95. The van der Waals surface area contributed by atoms with Crippen molar-refractivity contribution in [3.8, 4) is 5.75 Å². The first kappa shape index (κ1) is 18.7. The number of benzene rings is 1. The van der Waals surface area contributed by atoms with E-state index in [1.165, 1.54) is 12.1 Å².